The van der Waals surface area contributed by atoms with Gasteiger partial charge in [0.25, 0.3) is 0 Å². The molecule has 0 amide bonds. The number of rotatable bonds is 3. The Morgan fingerprint density at radius 2 is 2.05 bits per heavy atom. The lowest BCUT2D eigenvalue weighted by molar-refractivity contribution is 0.155. The van der Waals surface area contributed by atoms with Gasteiger partial charge in [0.05, 0.1) is 6.10 Å². The summed E-state index contributed by atoms with van der Waals surface area (Å²) in [5, 5.41) is 10.1. The molecule has 19 heavy (non-hydrogen) atoms. The van der Waals surface area contributed by atoms with Crippen molar-refractivity contribution in [1.29, 1.82) is 0 Å². The summed E-state index contributed by atoms with van der Waals surface area (Å²) in [5.74, 6) is 0. The molecule has 0 aromatic carbocycles. The Bertz CT molecular complexity index is 446. The van der Waals surface area contributed by atoms with Gasteiger partial charge in [-0.2, -0.15) is 0 Å². The first-order valence-electron chi connectivity index (χ1n) is 7.78. The fraction of sp³-hybridized carbons (Fsp3) is 0.750. The third-order valence-corrected chi connectivity index (χ3v) is 4.78. The summed E-state index contributed by atoms with van der Waals surface area (Å²) in [6.07, 6.45) is 5.65. The molecule has 0 saturated carbocycles. The Morgan fingerprint density at radius 3 is 2.79 bits per heavy atom. The number of aliphatic hydroxyl groups is 1. The van der Waals surface area contributed by atoms with Crippen LogP contribution in [0, 0.1) is 6.92 Å². The summed E-state index contributed by atoms with van der Waals surface area (Å²) in [6, 6.07) is 2.73. The van der Waals surface area contributed by atoms with E-state index in [2.05, 4.69) is 29.4 Å². The molecule has 3 rings (SSSR count). The first-order chi connectivity index (χ1) is 9.16. The minimum absolute atomic E-state index is 0.234. The van der Waals surface area contributed by atoms with Crippen LogP contribution >= 0.6 is 0 Å². The number of aliphatic hydroxyl groups excluding tert-OH is 1. The van der Waals surface area contributed by atoms with E-state index in [1.807, 2.05) is 0 Å². The van der Waals surface area contributed by atoms with Crippen LogP contribution in [0.2, 0.25) is 0 Å². The Kier molecular flexibility index (Phi) is 3.68. The summed E-state index contributed by atoms with van der Waals surface area (Å²) < 4.78 is 2.48. The van der Waals surface area contributed by atoms with Gasteiger partial charge in [0, 0.05) is 29.5 Å². The molecular weight excluding hydrogens is 236 g/mol. The van der Waals surface area contributed by atoms with Gasteiger partial charge < -0.3 is 14.6 Å². The minimum atomic E-state index is -0.234. The SMILES string of the molecule is Cc1cc2c(n1C(C)CN1CCCC1)CCCC2O. The number of aromatic nitrogens is 1. The summed E-state index contributed by atoms with van der Waals surface area (Å²) in [4.78, 5) is 2.58. The highest BCUT2D eigenvalue weighted by Gasteiger charge is 2.26. The largest absolute Gasteiger partial charge is 0.388 e. The maximum Gasteiger partial charge on any atom is 0.0807 e. The van der Waals surface area contributed by atoms with Gasteiger partial charge in [0.1, 0.15) is 0 Å². The summed E-state index contributed by atoms with van der Waals surface area (Å²) in [6.45, 7) is 8.18. The molecule has 0 bridgehead atoms. The number of likely N-dealkylation sites (tertiary alicyclic amines) is 1. The van der Waals surface area contributed by atoms with Crippen molar-refractivity contribution in [2.24, 2.45) is 0 Å². The molecular formula is C16H26N2O. The number of nitrogens with zero attached hydrogens (tertiary/aromatic N) is 2. The van der Waals surface area contributed by atoms with E-state index in [4.69, 9.17) is 0 Å². The first kappa shape index (κ1) is 13.2. The van der Waals surface area contributed by atoms with E-state index in [1.165, 1.54) is 42.9 Å². The number of aryl methyl sites for hydroxylation is 1. The molecule has 1 saturated heterocycles. The Hall–Kier alpha value is -0.800. The minimum Gasteiger partial charge on any atom is -0.388 e. The fourth-order valence-corrected chi connectivity index (χ4v) is 3.94. The molecule has 1 aliphatic heterocycles. The molecule has 1 aromatic heterocycles. The van der Waals surface area contributed by atoms with Gasteiger partial charge in [0.2, 0.25) is 0 Å². The molecule has 3 nitrogen and oxygen atoms in total. The Balaban J connectivity index is 1.83. The van der Waals surface area contributed by atoms with Crippen LogP contribution in [0.25, 0.3) is 0 Å². The summed E-state index contributed by atoms with van der Waals surface area (Å²) in [7, 11) is 0. The average molecular weight is 262 g/mol. The maximum absolute atomic E-state index is 10.1. The van der Waals surface area contributed by atoms with E-state index < -0.39 is 0 Å². The predicted octanol–water partition coefficient (Wildman–Crippen LogP) is 2.82. The van der Waals surface area contributed by atoms with Crippen molar-refractivity contribution >= 4 is 0 Å². The molecule has 2 aliphatic rings. The number of hydrogen-bond acceptors (Lipinski definition) is 2. The smallest absolute Gasteiger partial charge is 0.0807 e. The second kappa shape index (κ2) is 5.29. The highest BCUT2D eigenvalue weighted by molar-refractivity contribution is 5.32. The highest BCUT2D eigenvalue weighted by Crippen LogP contribution is 2.34. The van der Waals surface area contributed by atoms with Crippen molar-refractivity contribution in [3.8, 4) is 0 Å². The van der Waals surface area contributed by atoms with Crippen LogP contribution in [0.15, 0.2) is 6.07 Å². The molecule has 0 spiro atoms. The molecule has 3 heteroatoms. The zero-order valence-corrected chi connectivity index (χ0v) is 12.2. The lowest BCUT2D eigenvalue weighted by atomic mass is 9.95. The Morgan fingerprint density at radius 1 is 1.32 bits per heavy atom. The third-order valence-electron chi connectivity index (χ3n) is 4.78. The van der Waals surface area contributed by atoms with Gasteiger partial charge in [-0.05, 0) is 65.1 Å². The number of hydrogen-bond donors (Lipinski definition) is 1. The summed E-state index contributed by atoms with van der Waals surface area (Å²) >= 11 is 0. The second-order valence-corrected chi connectivity index (χ2v) is 6.32. The Labute approximate surface area is 116 Å². The number of fused-ring (bicyclic) bond motifs is 1. The zero-order valence-electron chi connectivity index (χ0n) is 12.2. The van der Waals surface area contributed by atoms with Crippen LogP contribution in [0.5, 0.6) is 0 Å². The first-order valence-corrected chi connectivity index (χ1v) is 7.78. The average Bonchev–Trinajstić information content (AvgIpc) is 2.96. The van der Waals surface area contributed by atoms with Crippen molar-refractivity contribution in [2.45, 2.75) is 58.1 Å². The molecule has 106 valence electrons. The van der Waals surface area contributed by atoms with Gasteiger partial charge in [-0.1, -0.05) is 0 Å². The molecule has 2 atom stereocenters. The van der Waals surface area contributed by atoms with Gasteiger partial charge in [0.15, 0.2) is 0 Å². The molecule has 1 aliphatic carbocycles. The van der Waals surface area contributed by atoms with Crippen molar-refractivity contribution < 1.29 is 5.11 Å². The van der Waals surface area contributed by atoms with Gasteiger partial charge in [-0.15, -0.1) is 0 Å². The van der Waals surface area contributed by atoms with Crippen LogP contribution in [0.1, 0.15) is 61.7 Å². The van der Waals surface area contributed by atoms with Crippen molar-refractivity contribution in [1.82, 2.24) is 9.47 Å². The molecule has 2 unspecified atom stereocenters. The van der Waals surface area contributed by atoms with Gasteiger partial charge >= 0.3 is 0 Å². The predicted molar refractivity (Wildman–Crippen MR) is 77.5 cm³/mol. The monoisotopic (exact) mass is 262 g/mol. The topological polar surface area (TPSA) is 28.4 Å². The van der Waals surface area contributed by atoms with Crippen molar-refractivity contribution in [3.63, 3.8) is 0 Å². The fourth-order valence-electron chi connectivity index (χ4n) is 3.94. The lowest BCUT2D eigenvalue weighted by Gasteiger charge is -2.27. The van der Waals surface area contributed by atoms with E-state index in [-0.39, 0.29) is 6.10 Å². The van der Waals surface area contributed by atoms with Gasteiger partial charge in [-0.25, -0.2) is 0 Å². The van der Waals surface area contributed by atoms with Crippen LogP contribution in [0.3, 0.4) is 0 Å². The normalized spacial score (nSPS) is 25.5. The van der Waals surface area contributed by atoms with Crippen molar-refractivity contribution in [2.75, 3.05) is 19.6 Å². The third kappa shape index (κ3) is 2.46. The maximum atomic E-state index is 10.1. The van der Waals surface area contributed by atoms with Crippen LogP contribution < -0.4 is 0 Å². The highest BCUT2D eigenvalue weighted by atomic mass is 16.3. The standard InChI is InChI=1S/C16H26N2O/c1-12-10-14-15(6-5-7-16(14)19)18(12)13(2)11-17-8-3-4-9-17/h10,13,16,19H,3-9,11H2,1-2H3. The lowest BCUT2D eigenvalue weighted by Crippen LogP contribution is -2.28. The molecule has 1 aromatic rings. The molecule has 1 N–H and O–H groups in total. The molecule has 0 radical (unpaired) electrons. The van der Waals surface area contributed by atoms with E-state index in [1.54, 1.807) is 0 Å². The van der Waals surface area contributed by atoms with Gasteiger partial charge in [-0.3, -0.25) is 0 Å². The van der Waals surface area contributed by atoms with Crippen molar-refractivity contribution in [3.05, 3.63) is 23.0 Å². The van der Waals surface area contributed by atoms with E-state index in [0.717, 1.165) is 25.8 Å². The second-order valence-electron chi connectivity index (χ2n) is 6.32. The van der Waals surface area contributed by atoms with E-state index in [9.17, 15) is 5.11 Å². The van der Waals surface area contributed by atoms with E-state index >= 15 is 0 Å². The molecule has 2 heterocycles. The van der Waals surface area contributed by atoms with E-state index in [0.29, 0.717) is 6.04 Å². The molecule has 1 fully saturated rings. The van der Waals surface area contributed by atoms with Crippen LogP contribution in [-0.2, 0) is 6.42 Å². The van der Waals surface area contributed by atoms with Crippen LogP contribution in [-0.4, -0.2) is 34.2 Å². The van der Waals surface area contributed by atoms with Crippen LogP contribution in [0.4, 0.5) is 0 Å². The summed E-state index contributed by atoms with van der Waals surface area (Å²) in [5.41, 5.74) is 3.90. The zero-order chi connectivity index (χ0) is 13.4. The quantitative estimate of drug-likeness (QED) is 0.907.